The van der Waals surface area contributed by atoms with E-state index in [2.05, 4.69) is 86.7 Å². The van der Waals surface area contributed by atoms with Crippen LogP contribution in [-0.4, -0.2) is 33.0 Å². The third-order valence-corrected chi connectivity index (χ3v) is 5.96. The third kappa shape index (κ3) is 6.21. The number of rotatable bonds is 10. The molecule has 0 aliphatic heterocycles. The van der Waals surface area contributed by atoms with Crippen molar-refractivity contribution in [2.45, 2.75) is 19.3 Å². The molecule has 0 saturated heterocycles. The van der Waals surface area contributed by atoms with Crippen molar-refractivity contribution in [3.63, 3.8) is 0 Å². The van der Waals surface area contributed by atoms with Gasteiger partial charge in [-0.15, -0.1) is 0 Å². The van der Waals surface area contributed by atoms with Gasteiger partial charge in [0.05, 0.1) is 23.8 Å². The maximum absolute atomic E-state index is 4.41. The Bertz CT molecular complexity index is 998. The van der Waals surface area contributed by atoms with Gasteiger partial charge in [0.1, 0.15) is 0 Å². The molecular formula is C23H24Br2N6. The lowest BCUT2D eigenvalue weighted by Gasteiger charge is -2.05. The molecule has 0 bridgehead atoms. The second kappa shape index (κ2) is 10.6. The molecule has 4 N–H and O–H groups in total. The van der Waals surface area contributed by atoms with Crippen molar-refractivity contribution in [3.8, 4) is 22.5 Å². The molecule has 0 amide bonds. The first-order valence-electron chi connectivity index (χ1n) is 10.3. The van der Waals surface area contributed by atoms with Gasteiger partial charge >= 0.3 is 0 Å². The molecule has 4 aromatic rings. The number of aromatic amines is 2. The topological polar surface area (TPSA) is 81.4 Å². The fourth-order valence-corrected chi connectivity index (χ4v) is 3.74. The zero-order valence-electron chi connectivity index (χ0n) is 17.0. The van der Waals surface area contributed by atoms with Crippen LogP contribution in [0.4, 0.5) is 11.9 Å². The summed E-state index contributed by atoms with van der Waals surface area (Å²) in [6.45, 7) is 1.78. The average molecular weight is 544 g/mol. The van der Waals surface area contributed by atoms with Crippen LogP contribution in [0.15, 0.2) is 69.9 Å². The van der Waals surface area contributed by atoms with Gasteiger partial charge in [-0.1, -0.05) is 56.1 Å². The molecule has 0 saturated carbocycles. The summed E-state index contributed by atoms with van der Waals surface area (Å²) < 4.78 is 2.14. The predicted octanol–water partition coefficient (Wildman–Crippen LogP) is 6.69. The van der Waals surface area contributed by atoms with E-state index in [9.17, 15) is 0 Å². The monoisotopic (exact) mass is 542 g/mol. The zero-order valence-corrected chi connectivity index (χ0v) is 20.1. The largest absolute Gasteiger partial charge is 0.356 e. The average Bonchev–Trinajstić information content (AvgIpc) is 3.44. The van der Waals surface area contributed by atoms with Crippen molar-refractivity contribution >= 4 is 43.8 Å². The van der Waals surface area contributed by atoms with Gasteiger partial charge in [-0.3, -0.25) is 0 Å². The van der Waals surface area contributed by atoms with Crippen molar-refractivity contribution in [3.05, 3.63) is 69.9 Å². The van der Waals surface area contributed by atoms with Crippen LogP contribution < -0.4 is 10.6 Å². The van der Waals surface area contributed by atoms with Crippen LogP contribution in [0, 0.1) is 0 Å². The molecule has 31 heavy (non-hydrogen) atoms. The van der Waals surface area contributed by atoms with Gasteiger partial charge in [-0.2, -0.15) is 0 Å². The van der Waals surface area contributed by atoms with E-state index in [1.807, 2.05) is 36.7 Å². The van der Waals surface area contributed by atoms with Crippen molar-refractivity contribution in [1.29, 1.82) is 0 Å². The molecule has 8 heteroatoms. The van der Waals surface area contributed by atoms with Gasteiger partial charge < -0.3 is 20.6 Å². The fourth-order valence-electron chi connectivity index (χ4n) is 3.21. The van der Waals surface area contributed by atoms with E-state index in [0.717, 1.165) is 75.7 Å². The van der Waals surface area contributed by atoms with Gasteiger partial charge in [0.15, 0.2) is 0 Å². The smallest absolute Gasteiger partial charge is 0.200 e. The molecule has 0 aliphatic carbocycles. The van der Waals surface area contributed by atoms with Crippen molar-refractivity contribution in [2.75, 3.05) is 23.7 Å². The van der Waals surface area contributed by atoms with Gasteiger partial charge in [0.2, 0.25) is 11.9 Å². The lowest BCUT2D eigenvalue weighted by molar-refractivity contribution is 0.717. The number of anilines is 2. The molecule has 2 aromatic heterocycles. The molecule has 2 heterocycles. The van der Waals surface area contributed by atoms with Crippen molar-refractivity contribution < 1.29 is 0 Å². The van der Waals surface area contributed by atoms with E-state index in [1.165, 1.54) is 0 Å². The summed E-state index contributed by atoms with van der Waals surface area (Å²) in [5, 5.41) is 6.72. The standard InChI is InChI=1S/C23H24Br2N6/c24-18-8-4-16(5-9-18)20-14-28-22(30-20)26-12-2-1-3-13-27-23-29-15-21(31-23)17-6-10-19(25)11-7-17/h4-11,14-15H,1-3,12-13H2,(H2,26,28,30)(H2,27,29,31). The first-order chi connectivity index (χ1) is 15.2. The highest BCUT2D eigenvalue weighted by molar-refractivity contribution is 9.10. The Hall–Kier alpha value is -2.58. The van der Waals surface area contributed by atoms with Gasteiger partial charge in [0, 0.05) is 22.0 Å². The van der Waals surface area contributed by atoms with Crippen LogP contribution in [0.5, 0.6) is 0 Å². The van der Waals surface area contributed by atoms with Crippen LogP contribution in [0.25, 0.3) is 22.5 Å². The zero-order chi connectivity index (χ0) is 21.5. The van der Waals surface area contributed by atoms with E-state index in [4.69, 9.17) is 0 Å². The first-order valence-corrected chi connectivity index (χ1v) is 11.9. The molecule has 0 aliphatic rings. The minimum Gasteiger partial charge on any atom is -0.356 e. The van der Waals surface area contributed by atoms with E-state index < -0.39 is 0 Å². The fraction of sp³-hybridized carbons (Fsp3) is 0.217. The van der Waals surface area contributed by atoms with Crippen LogP contribution >= 0.6 is 31.9 Å². The summed E-state index contributed by atoms with van der Waals surface area (Å²) >= 11 is 6.92. The minimum absolute atomic E-state index is 0.812. The maximum atomic E-state index is 4.41. The van der Waals surface area contributed by atoms with Crippen LogP contribution in [-0.2, 0) is 0 Å². The SMILES string of the molecule is Brc1ccc(-c2cnc(NCCCCCNc3ncc(-c4ccc(Br)cc4)[nH]3)[nH]2)cc1. The lowest BCUT2D eigenvalue weighted by Crippen LogP contribution is -2.06. The van der Waals surface area contributed by atoms with E-state index >= 15 is 0 Å². The Kier molecular flexibility index (Phi) is 7.43. The normalized spacial score (nSPS) is 10.9. The van der Waals surface area contributed by atoms with Gasteiger partial charge in [-0.25, -0.2) is 9.97 Å². The van der Waals surface area contributed by atoms with E-state index in [0.29, 0.717) is 0 Å². The lowest BCUT2D eigenvalue weighted by atomic mass is 10.2. The Morgan fingerprint density at radius 3 is 1.45 bits per heavy atom. The quantitative estimate of drug-likeness (QED) is 0.168. The second-order valence-electron chi connectivity index (χ2n) is 7.22. The molecule has 4 rings (SSSR count). The van der Waals surface area contributed by atoms with Crippen LogP contribution in [0.3, 0.4) is 0 Å². The highest BCUT2D eigenvalue weighted by Gasteiger charge is 2.04. The number of nitrogens with one attached hydrogen (secondary N) is 4. The Morgan fingerprint density at radius 2 is 1.03 bits per heavy atom. The molecule has 0 unspecified atom stereocenters. The van der Waals surface area contributed by atoms with Crippen LogP contribution in [0.1, 0.15) is 19.3 Å². The molecule has 2 aromatic carbocycles. The second-order valence-corrected chi connectivity index (χ2v) is 9.05. The van der Waals surface area contributed by atoms with Crippen molar-refractivity contribution in [2.24, 2.45) is 0 Å². The van der Waals surface area contributed by atoms with Gasteiger partial charge in [-0.05, 0) is 54.7 Å². The summed E-state index contributed by atoms with van der Waals surface area (Å²) in [5.41, 5.74) is 4.27. The molecule has 0 fully saturated rings. The molecule has 160 valence electrons. The molecular weight excluding hydrogens is 520 g/mol. The highest BCUT2D eigenvalue weighted by atomic mass is 79.9. The number of halogens is 2. The van der Waals surface area contributed by atoms with E-state index in [1.54, 1.807) is 0 Å². The Balaban J connectivity index is 1.12. The summed E-state index contributed by atoms with van der Waals surface area (Å²) in [6.07, 6.45) is 7.01. The minimum atomic E-state index is 0.812. The number of hydrogen-bond acceptors (Lipinski definition) is 4. The molecule has 0 radical (unpaired) electrons. The number of aromatic nitrogens is 4. The van der Waals surface area contributed by atoms with Gasteiger partial charge in [0.25, 0.3) is 0 Å². The number of hydrogen-bond donors (Lipinski definition) is 4. The van der Waals surface area contributed by atoms with Crippen molar-refractivity contribution in [1.82, 2.24) is 19.9 Å². The first kappa shape index (κ1) is 21.6. The molecule has 6 nitrogen and oxygen atoms in total. The third-order valence-electron chi connectivity index (χ3n) is 4.90. The van der Waals surface area contributed by atoms with Crippen LogP contribution in [0.2, 0.25) is 0 Å². The number of benzene rings is 2. The summed E-state index contributed by atoms with van der Waals surface area (Å²) in [5.74, 6) is 1.62. The summed E-state index contributed by atoms with van der Waals surface area (Å²) in [4.78, 5) is 15.5. The highest BCUT2D eigenvalue weighted by Crippen LogP contribution is 2.22. The number of imidazole rings is 2. The Morgan fingerprint density at radius 1 is 0.613 bits per heavy atom. The van der Waals surface area contributed by atoms with E-state index in [-0.39, 0.29) is 0 Å². The Labute approximate surface area is 198 Å². The predicted molar refractivity (Wildman–Crippen MR) is 134 cm³/mol. The molecule has 0 atom stereocenters. The molecule has 0 spiro atoms. The summed E-state index contributed by atoms with van der Waals surface area (Å²) in [6, 6.07) is 16.4. The number of H-pyrrole nitrogens is 2. The maximum Gasteiger partial charge on any atom is 0.200 e. The number of nitrogens with zero attached hydrogens (tertiary/aromatic N) is 2. The number of unbranched alkanes of at least 4 members (excludes halogenated alkanes) is 2. The summed E-state index contributed by atoms with van der Waals surface area (Å²) in [7, 11) is 0.